The number of rotatable bonds is 41. The Bertz CT molecular complexity index is 809. The number of nitrogens with one attached hydrogen (secondary N) is 1. The van der Waals surface area contributed by atoms with E-state index in [0.29, 0.717) is 26.2 Å². The average Bonchev–Trinajstić information content (AvgIpc) is 3.16. The molecule has 1 heterocycles. The molecule has 7 nitrogen and oxygen atoms in total. The number of nitrogens with zero attached hydrogens (tertiary/aromatic N) is 1. The molecule has 0 saturated carbocycles. The smallest absolute Gasteiger partial charge is 0.405 e. The van der Waals surface area contributed by atoms with Gasteiger partial charge in [0, 0.05) is 19.5 Å². The molecule has 8 heteroatoms. The van der Waals surface area contributed by atoms with Crippen molar-refractivity contribution in [1.29, 1.82) is 0 Å². The van der Waals surface area contributed by atoms with Gasteiger partial charge in [-0.3, -0.25) is 13.8 Å². The van der Waals surface area contributed by atoms with E-state index in [9.17, 15) is 9.36 Å². The Balaban J connectivity index is 2.30. The number of esters is 1. The van der Waals surface area contributed by atoms with Crippen molar-refractivity contribution in [1.82, 2.24) is 9.99 Å². The summed E-state index contributed by atoms with van der Waals surface area (Å²) in [5, 5.41) is 3.19. The summed E-state index contributed by atoms with van der Waals surface area (Å²) >= 11 is 0. The minimum Gasteiger partial charge on any atom is -0.462 e. The number of unbranched alkanes of at least 4 members (excludes halogenated alkanes) is 24. The summed E-state index contributed by atoms with van der Waals surface area (Å²) in [4.78, 5) is 15.2. The fourth-order valence-corrected chi connectivity index (χ4v) is 8.88. The fraction of sp³-hybridized carbons (Fsp3) is 0.978. The lowest BCUT2D eigenvalue weighted by molar-refractivity contribution is -0.150. The van der Waals surface area contributed by atoms with Crippen LogP contribution in [0.3, 0.4) is 0 Å². The van der Waals surface area contributed by atoms with Gasteiger partial charge in [-0.25, -0.2) is 9.65 Å². The first-order chi connectivity index (χ1) is 26.0. The van der Waals surface area contributed by atoms with E-state index in [1.54, 1.807) is 0 Å². The molecular formula is C45H91N2O5P. The number of likely N-dealkylation sites (tertiary alicyclic amines) is 1. The Kier molecular flexibility index (Phi) is 36.6. The van der Waals surface area contributed by atoms with Crippen LogP contribution < -0.4 is 5.09 Å². The number of hydrogen-bond donors (Lipinski definition) is 1. The molecule has 0 aromatic heterocycles. The van der Waals surface area contributed by atoms with Crippen molar-refractivity contribution in [2.75, 3.05) is 39.4 Å². The third-order valence-corrected chi connectivity index (χ3v) is 12.7. The zero-order chi connectivity index (χ0) is 38.3. The highest BCUT2D eigenvalue weighted by Crippen LogP contribution is 2.44. The van der Waals surface area contributed by atoms with Crippen molar-refractivity contribution >= 4 is 13.7 Å². The van der Waals surface area contributed by atoms with Gasteiger partial charge in [0.15, 0.2) is 0 Å². The summed E-state index contributed by atoms with van der Waals surface area (Å²) in [6.45, 7) is 11.5. The van der Waals surface area contributed by atoms with Gasteiger partial charge in [0.2, 0.25) is 0 Å². The molecule has 0 amide bonds. The van der Waals surface area contributed by atoms with Crippen LogP contribution in [0, 0.1) is 0 Å². The molecule has 53 heavy (non-hydrogen) atoms. The highest BCUT2D eigenvalue weighted by Gasteiger charge is 2.24. The van der Waals surface area contributed by atoms with Crippen LogP contribution in [-0.2, 0) is 23.1 Å². The van der Waals surface area contributed by atoms with Gasteiger partial charge in [-0.15, -0.1) is 0 Å². The number of ether oxygens (including phenoxy) is 1. The topological polar surface area (TPSA) is 77.1 Å². The molecule has 0 aromatic carbocycles. The van der Waals surface area contributed by atoms with Crippen molar-refractivity contribution in [2.45, 2.75) is 245 Å². The fourth-order valence-electron chi connectivity index (χ4n) is 7.51. The predicted octanol–water partition coefficient (Wildman–Crippen LogP) is 14.3. The Labute approximate surface area is 330 Å². The molecule has 1 aliphatic rings. The minimum atomic E-state index is -3.32. The van der Waals surface area contributed by atoms with Gasteiger partial charge in [-0.1, -0.05) is 175 Å². The molecule has 0 aliphatic carbocycles. The van der Waals surface area contributed by atoms with Gasteiger partial charge in [0.1, 0.15) is 6.10 Å². The summed E-state index contributed by atoms with van der Waals surface area (Å²) in [5.74, 6) is -0.0122. The first kappa shape index (κ1) is 50.6. The molecular weight excluding hydrogens is 679 g/mol. The first-order valence-electron chi connectivity index (χ1n) is 23.6. The summed E-state index contributed by atoms with van der Waals surface area (Å²) in [7, 11) is -3.32. The van der Waals surface area contributed by atoms with E-state index in [-0.39, 0.29) is 12.1 Å². The Hall–Kier alpha value is -0.460. The van der Waals surface area contributed by atoms with Crippen LogP contribution in [-0.4, -0.2) is 56.4 Å². The largest absolute Gasteiger partial charge is 0.462 e. The maximum Gasteiger partial charge on any atom is 0.405 e. The number of carbonyl (C=O) groups is 1. The quantitative estimate of drug-likeness (QED) is 0.0377. The lowest BCUT2D eigenvalue weighted by Crippen LogP contribution is -2.35. The normalized spacial score (nSPS) is 14.9. The number of piperidine rings is 1. The van der Waals surface area contributed by atoms with Gasteiger partial charge >= 0.3 is 13.7 Å². The molecule has 1 atom stereocenters. The Morgan fingerprint density at radius 1 is 0.547 bits per heavy atom. The summed E-state index contributed by atoms with van der Waals surface area (Å²) in [5.41, 5.74) is 0. The van der Waals surface area contributed by atoms with E-state index in [0.717, 1.165) is 77.4 Å². The second kappa shape index (κ2) is 38.4. The summed E-state index contributed by atoms with van der Waals surface area (Å²) in [6, 6.07) is 0. The molecule has 1 fully saturated rings. The van der Waals surface area contributed by atoms with Crippen molar-refractivity contribution in [2.24, 2.45) is 0 Å². The molecule has 1 saturated heterocycles. The second-order valence-electron chi connectivity index (χ2n) is 16.3. The van der Waals surface area contributed by atoms with Gasteiger partial charge in [-0.2, -0.15) is 0 Å². The maximum absolute atomic E-state index is 13.7. The highest BCUT2D eigenvalue weighted by molar-refractivity contribution is 7.51. The molecule has 0 aromatic rings. The lowest BCUT2D eigenvalue weighted by atomic mass is 10.0. The Morgan fingerprint density at radius 3 is 1.40 bits per heavy atom. The molecule has 0 radical (unpaired) electrons. The third kappa shape index (κ3) is 33.4. The monoisotopic (exact) mass is 771 g/mol. The van der Waals surface area contributed by atoms with E-state index in [1.165, 1.54) is 154 Å². The predicted molar refractivity (Wildman–Crippen MR) is 228 cm³/mol. The molecule has 0 bridgehead atoms. The van der Waals surface area contributed by atoms with E-state index < -0.39 is 7.75 Å². The van der Waals surface area contributed by atoms with Crippen LogP contribution in [0.25, 0.3) is 0 Å². The van der Waals surface area contributed by atoms with Gasteiger partial charge in [0.25, 0.3) is 0 Å². The van der Waals surface area contributed by atoms with Gasteiger partial charge in [-0.05, 0) is 70.9 Å². The molecule has 316 valence electrons. The standard InChI is InChI=1S/C45H91N2O5P/c1-4-7-10-13-16-17-18-19-20-25-33-42-50-53(49,46-38-41-47-39-31-27-32-40-47)51-43-34-26-21-24-30-37-45(48)52-44(35-28-22-14-11-8-5-2)36-29-23-15-12-9-6-3/h44H,4-43H2,1-3H3,(H,46,49). The van der Waals surface area contributed by atoms with Crippen LogP contribution in [0.15, 0.2) is 0 Å². The molecule has 1 rings (SSSR count). The summed E-state index contributed by atoms with van der Waals surface area (Å²) < 4.78 is 31.6. The van der Waals surface area contributed by atoms with E-state index in [4.69, 9.17) is 13.8 Å². The van der Waals surface area contributed by atoms with Gasteiger partial charge in [0.05, 0.1) is 13.2 Å². The third-order valence-electron chi connectivity index (χ3n) is 11.0. The molecule has 1 aliphatic heterocycles. The summed E-state index contributed by atoms with van der Waals surface area (Å²) in [6.07, 6.45) is 40.7. The van der Waals surface area contributed by atoms with E-state index in [1.807, 2.05) is 0 Å². The average molecular weight is 771 g/mol. The minimum absolute atomic E-state index is 0.0122. The maximum atomic E-state index is 13.7. The van der Waals surface area contributed by atoms with Crippen molar-refractivity contribution < 1.29 is 23.1 Å². The molecule has 1 unspecified atom stereocenters. The molecule has 1 N–H and O–H groups in total. The first-order valence-corrected chi connectivity index (χ1v) is 25.1. The van der Waals surface area contributed by atoms with E-state index >= 15 is 0 Å². The highest BCUT2D eigenvalue weighted by atomic mass is 31.2. The van der Waals surface area contributed by atoms with Crippen molar-refractivity contribution in [3.8, 4) is 0 Å². The number of carbonyl (C=O) groups excluding carboxylic acids is 1. The van der Waals surface area contributed by atoms with Crippen LogP contribution in [0.5, 0.6) is 0 Å². The Morgan fingerprint density at radius 2 is 0.943 bits per heavy atom. The van der Waals surface area contributed by atoms with Crippen LogP contribution in [0.1, 0.15) is 239 Å². The van der Waals surface area contributed by atoms with Gasteiger partial charge < -0.3 is 9.64 Å². The number of hydrogen-bond acceptors (Lipinski definition) is 6. The zero-order valence-electron chi connectivity index (χ0n) is 35.8. The van der Waals surface area contributed by atoms with Crippen molar-refractivity contribution in [3.05, 3.63) is 0 Å². The van der Waals surface area contributed by atoms with E-state index in [2.05, 4.69) is 30.8 Å². The van der Waals surface area contributed by atoms with Crippen LogP contribution in [0.4, 0.5) is 0 Å². The lowest BCUT2D eigenvalue weighted by Gasteiger charge is -2.27. The SMILES string of the molecule is CCCCCCCCCCCCCOP(=O)(NCCN1CCCCC1)OCCCCCCCC(=O)OC(CCCCCCCC)CCCCCCCC. The van der Waals surface area contributed by atoms with Crippen LogP contribution in [0.2, 0.25) is 0 Å². The van der Waals surface area contributed by atoms with Crippen molar-refractivity contribution in [3.63, 3.8) is 0 Å². The molecule has 0 spiro atoms. The second-order valence-corrected chi connectivity index (χ2v) is 18.1. The zero-order valence-corrected chi connectivity index (χ0v) is 36.7. The van der Waals surface area contributed by atoms with Crippen LogP contribution >= 0.6 is 7.75 Å².